The molecule has 184 valence electrons. The second-order valence-electron chi connectivity index (χ2n) is 10.3. The zero-order valence-corrected chi connectivity index (χ0v) is 21.4. The monoisotopic (exact) mass is 489 g/mol. The molecule has 1 N–H and O–H groups in total. The molecular formula is C30H36ClN3O. The van der Waals surface area contributed by atoms with Crippen LogP contribution >= 0.6 is 11.6 Å². The molecular weight excluding hydrogens is 454 g/mol. The second-order valence-corrected chi connectivity index (χ2v) is 10.8. The van der Waals surface area contributed by atoms with Crippen molar-refractivity contribution < 1.29 is 4.79 Å². The lowest BCUT2D eigenvalue weighted by Crippen LogP contribution is -2.28. The minimum atomic E-state index is -0.0603. The Morgan fingerprint density at radius 1 is 1.00 bits per heavy atom. The molecule has 0 spiro atoms. The van der Waals surface area contributed by atoms with Gasteiger partial charge in [0.2, 0.25) is 0 Å². The molecule has 35 heavy (non-hydrogen) atoms. The first-order chi connectivity index (χ1) is 17.1. The summed E-state index contributed by atoms with van der Waals surface area (Å²) in [6, 6.07) is 18.8. The van der Waals surface area contributed by atoms with Gasteiger partial charge in [-0.25, -0.2) is 0 Å². The van der Waals surface area contributed by atoms with E-state index in [9.17, 15) is 4.79 Å². The number of hydrogen-bond donors (Lipinski definition) is 1. The van der Waals surface area contributed by atoms with E-state index in [1.54, 1.807) is 0 Å². The van der Waals surface area contributed by atoms with Crippen LogP contribution in [0.4, 0.5) is 0 Å². The Morgan fingerprint density at radius 2 is 1.71 bits per heavy atom. The van der Waals surface area contributed by atoms with Gasteiger partial charge in [0.15, 0.2) is 5.69 Å². The molecule has 0 aliphatic heterocycles. The van der Waals surface area contributed by atoms with Crippen molar-refractivity contribution >= 4 is 17.5 Å². The van der Waals surface area contributed by atoms with Crippen LogP contribution in [-0.4, -0.2) is 15.7 Å². The summed E-state index contributed by atoms with van der Waals surface area (Å²) >= 11 is 6.15. The van der Waals surface area contributed by atoms with Crippen LogP contribution in [0.25, 0.3) is 0 Å². The molecule has 4 nitrogen and oxygen atoms in total. The van der Waals surface area contributed by atoms with Crippen LogP contribution in [0.15, 0.2) is 54.6 Å². The Kier molecular flexibility index (Phi) is 7.57. The topological polar surface area (TPSA) is 46.9 Å². The van der Waals surface area contributed by atoms with Crippen molar-refractivity contribution in [2.75, 3.05) is 0 Å². The first-order valence-electron chi connectivity index (χ1n) is 13.3. The number of fused-ring (bicyclic) bond motifs is 1. The largest absolute Gasteiger partial charge is 0.344 e. The maximum absolute atomic E-state index is 13.6. The molecule has 0 radical (unpaired) electrons. The van der Waals surface area contributed by atoms with Crippen molar-refractivity contribution in [1.29, 1.82) is 0 Å². The Morgan fingerprint density at radius 3 is 2.46 bits per heavy atom. The summed E-state index contributed by atoms with van der Waals surface area (Å²) in [4.78, 5) is 13.6. The lowest BCUT2D eigenvalue weighted by atomic mass is 9.89. The van der Waals surface area contributed by atoms with Crippen LogP contribution in [0, 0.1) is 0 Å². The molecule has 2 aliphatic carbocycles. The van der Waals surface area contributed by atoms with Gasteiger partial charge in [-0.15, -0.1) is 0 Å². The van der Waals surface area contributed by atoms with Crippen molar-refractivity contribution in [3.63, 3.8) is 0 Å². The van der Waals surface area contributed by atoms with Crippen LogP contribution in [0.5, 0.6) is 0 Å². The Bertz CT molecular complexity index is 1130. The second kappa shape index (κ2) is 11.0. The van der Waals surface area contributed by atoms with Gasteiger partial charge in [-0.2, -0.15) is 5.10 Å². The number of amides is 1. The predicted molar refractivity (Wildman–Crippen MR) is 142 cm³/mol. The van der Waals surface area contributed by atoms with Crippen molar-refractivity contribution in [3.8, 4) is 0 Å². The predicted octanol–water partition coefficient (Wildman–Crippen LogP) is 7.59. The third-order valence-corrected chi connectivity index (χ3v) is 8.10. The number of nitrogens with zero attached hydrogens (tertiary/aromatic N) is 2. The first-order valence-corrected chi connectivity index (χ1v) is 13.7. The molecule has 1 fully saturated rings. The number of carbonyl (C=O) groups excluding carboxylic acids is 1. The Hall–Kier alpha value is -2.59. The van der Waals surface area contributed by atoms with E-state index in [0.29, 0.717) is 17.7 Å². The van der Waals surface area contributed by atoms with Gasteiger partial charge in [0.05, 0.1) is 12.1 Å². The number of hydrogen-bond acceptors (Lipinski definition) is 2. The molecule has 5 rings (SSSR count). The third kappa shape index (κ3) is 5.48. The number of benzene rings is 2. The fraction of sp³-hybridized carbons (Fsp3) is 0.467. The van der Waals surface area contributed by atoms with Crippen LogP contribution in [0.3, 0.4) is 0 Å². The van der Waals surface area contributed by atoms with Crippen LogP contribution in [0.1, 0.15) is 109 Å². The zero-order valence-electron chi connectivity index (χ0n) is 20.7. The SMILES string of the molecule is C[C@@H](NC(=O)c1nn(C2CCCCC2)c2c1CCCCC2Cc1ccc(Cl)cc1)c1ccccc1. The van der Waals surface area contributed by atoms with Gasteiger partial charge in [0, 0.05) is 22.2 Å². The van der Waals surface area contributed by atoms with Crippen LogP contribution < -0.4 is 5.32 Å². The maximum Gasteiger partial charge on any atom is 0.272 e. The van der Waals surface area contributed by atoms with Crippen molar-refractivity contribution in [2.45, 2.75) is 89.1 Å². The fourth-order valence-electron chi connectivity index (χ4n) is 5.97. The fourth-order valence-corrected chi connectivity index (χ4v) is 6.10. The van der Waals surface area contributed by atoms with E-state index in [1.807, 2.05) is 37.3 Å². The van der Waals surface area contributed by atoms with Crippen LogP contribution in [0.2, 0.25) is 5.02 Å². The molecule has 0 bridgehead atoms. The highest BCUT2D eigenvalue weighted by molar-refractivity contribution is 6.30. The van der Waals surface area contributed by atoms with Gasteiger partial charge >= 0.3 is 0 Å². The van der Waals surface area contributed by atoms with E-state index in [1.165, 1.54) is 42.5 Å². The molecule has 5 heteroatoms. The highest BCUT2D eigenvalue weighted by Crippen LogP contribution is 2.39. The molecule has 1 heterocycles. The highest BCUT2D eigenvalue weighted by atomic mass is 35.5. The standard InChI is InChI=1S/C30H36ClN3O/c1-21(23-10-4-2-5-11-23)32-30(35)28-27-15-9-8-12-24(20-22-16-18-25(31)19-17-22)29(27)34(33-28)26-13-6-3-7-14-26/h2,4-5,10-11,16-19,21,24,26H,3,6-9,12-15,20H2,1H3,(H,32,35)/t21-,24?/m1/s1. The molecule has 2 aliphatic rings. The van der Waals surface area contributed by atoms with Gasteiger partial charge in [-0.05, 0) is 68.7 Å². The molecule has 1 unspecified atom stereocenters. The van der Waals surface area contributed by atoms with Crippen molar-refractivity contribution in [1.82, 2.24) is 15.1 Å². The summed E-state index contributed by atoms with van der Waals surface area (Å²) in [5, 5.41) is 9.11. The summed E-state index contributed by atoms with van der Waals surface area (Å²) in [6.45, 7) is 2.05. The molecule has 2 atom stereocenters. The summed E-state index contributed by atoms with van der Waals surface area (Å²) in [7, 11) is 0. The van der Waals surface area contributed by atoms with E-state index in [-0.39, 0.29) is 11.9 Å². The van der Waals surface area contributed by atoms with E-state index in [2.05, 4.69) is 34.3 Å². The third-order valence-electron chi connectivity index (χ3n) is 7.84. The van der Waals surface area contributed by atoms with Gasteiger partial charge in [0.25, 0.3) is 5.91 Å². The van der Waals surface area contributed by atoms with Crippen molar-refractivity contribution in [3.05, 3.63) is 87.7 Å². The summed E-state index contributed by atoms with van der Waals surface area (Å²) in [6.07, 6.45) is 11.4. The number of nitrogens with one attached hydrogen (secondary N) is 1. The molecule has 1 amide bonds. The average Bonchev–Trinajstić information content (AvgIpc) is 3.16. The summed E-state index contributed by atoms with van der Waals surface area (Å²) in [5.41, 5.74) is 5.56. The van der Waals surface area contributed by atoms with Gasteiger partial charge in [0.1, 0.15) is 0 Å². The molecule has 2 aromatic carbocycles. The Labute approximate surface area is 214 Å². The van der Waals surface area contributed by atoms with Crippen molar-refractivity contribution in [2.24, 2.45) is 0 Å². The normalized spacial score (nSPS) is 19.5. The molecule has 0 saturated heterocycles. The quantitative estimate of drug-likeness (QED) is 0.362. The highest BCUT2D eigenvalue weighted by Gasteiger charge is 2.33. The number of aromatic nitrogens is 2. The van der Waals surface area contributed by atoms with Gasteiger partial charge in [-0.3, -0.25) is 9.48 Å². The van der Waals surface area contributed by atoms with E-state index in [4.69, 9.17) is 16.7 Å². The Balaban J connectivity index is 1.50. The minimum absolute atomic E-state index is 0.0423. The molecule has 1 saturated carbocycles. The molecule has 1 aromatic heterocycles. The number of halogens is 1. The van der Waals surface area contributed by atoms with Crippen LogP contribution in [-0.2, 0) is 12.8 Å². The number of carbonyl (C=O) groups is 1. The minimum Gasteiger partial charge on any atom is -0.344 e. The van der Waals surface area contributed by atoms with E-state index in [0.717, 1.165) is 49.1 Å². The first kappa shape index (κ1) is 24.1. The van der Waals surface area contributed by atoms with Gasteiger partial charge < -0.3 is 5.32 Å². The maximum atomic E-state index is 13.6. The van der Waals surface area contributed by atoms with E-state index < -0.39 is 0 Å². The zero-order chi connectivity index (χ0) is 24.2. The van der Waals surface area contributed by atoms with Gasteiger partial charge in [-0.1, -0.05) is 79.7 Å². The molecule has 3 aromatic rings. The lowest BCUT2D eigenvalue weighted by Gasteiger charge is -2.27. The summed E-state index contributed by atoms with van der Waals surface area (Å²) in [5.74, 6) is 0.329. The number of rotatable bonds is 6. The van der Waals surface area contributed by atoms with E-state index >= 15 is 0 Å². The average molecular weight is 490 g/mol. The lowest BCUT2D eigenvalue weighted by molar-refractivity contribution is 0.0932. The smallest absolute Gasteiger partial charge is 0.272 e. The summed E-state index contributed by atoms with van der Waals surface area (Å²) < 4.78 is 2.29.